The Bertz CT molecular complexity index is 990. The van der Waals surface area contributed by atoms with Gasteiger partial charge < -0.3 is 14.6 Å². The second-order valence-electron chi connectivity index (χ2n) is 9.02. The van der Waals surface area contributed by atoms with Crippen molar-refractivity contribution in [1.29, 1.82) is 0 Å². The molecule has 2 aliphatic heterocycles. The molecule has 6 heteroatoms. The molecular weight excluding hydrogens is 378 g/mol. The van der Waals surface area contributed by atoms with Gasteiger partial charge in [-0.15, -0.1) is 0 Å². The molecule has 3 heterocycles. The molecular formula is C24H33N3O3. The molecule has 0 aliphatic carbocycles. The third kappa shape index (κ3) is 3.23. The summed E-state index contributed by atoms with van der Waals surface area (Å²) in [7, 11) is 2.15. The average Bonchev–Trinajstić information content (AvgIpc) is 3.17. The lowest BCUT2D eigenvalue weighted by Crippen LogP contribution is -2.56. The van der Waals surface area contributed by atoms with Gasteiger partial charge >= 0.3 is 0 Å². The number of likely N-dealkylation sites (tertiary alicyclic amines) is 1. The van der Waals surface area contributed by atoms with Crippen molar-refractivity contribution < 1.29 is 16.1 Å². The lowest BCUT2D eigenvalue weighted by molar-refractivity contribution is 0.0127. The highest BCUT2D eigenvalue weighted by Crippen LogP contribution is 2.42. The topological polar surface area (TPSA) is 65.8 Å². The van der Waals surface area contributed by atoms with Crippen molar-refractivity contribution in [2.45, 2.75) is 45.7 Å². The number of aryl methyl sites for hydroxylation is 1. The highest BCUT2D eigenvalue weighted by atomic mass is 16.3. The fourth-order valence-corrected chi connectivity index (χ4v) is 4.97. The van der Waals surface area contributed by atoms with Crippen LogP contribution >= 0.6 is 0 Å². The molecule has 0 radical (unpaired) electrons. The number of amides is 1. The summed E-state index contributed by atoms with van der Waals surface area (Å²) in [4.78, 5) is 30.0. The summed E-state index contributed by atoms with van der Waals surface area (Å²) in [5, 5.41) is 9.74. The predicted octanol–water partition coefficient (Wildman–Crippen LogP) is 3.66. The minimum atomic E-state index is -0.143. The van der Waals surface area contributed by atoms with Gasteiger partial charge in [-0.05, 0) is 62.7 Å². The van der Waals surface area contributed by atoms with Crippen LogP contribution in [0.1, 0.15) is 60.2 Å². The normalized spacial score (nSPS) is 18.6. The third-order valence-electron chi connectivity index (χ3n) is 6.95. The van der Waals surface area contributed by atoms with Crippen LogP contribution in [0.15, 0.2) is 30.3 Å². The van der Waals surface area contributed by atoms with Crippen molar-refractivity contribution in [3.8, 4) is 5.75 Å². The Balaban J connectivity index is 0.00000272. The molecule has 1 amide bonds. The van der Waals surface area contributed by atoms with Gasteiger partial charge in [0.2, 0.25) is 0 Å². The predicted molar refractivity (Wildman–Crippen MR) is 118 cm³/mol. The van der Waals surface area contributed by atoms with Crippen molar-refractivity contribution in [3.63, 3.8) is 0 Å². The van der Waals surface area contributed by atoms with Crippen molar-refractivity contribution in [2.75, 3.05) is 26.7 Å². The molecule has 1 aromatic carbocycles. The highest BCUT2D eigenvalue weighted by Gasteiger charge is 2.45. The zero-order valence-corrected chi connectivity index (χ0v) is 18.3. The number of piperidine rings is 1. The van der Waals surface area contributed by atoms with Crippen LogP contribution in [0.25, 0.3) is 0 Å². The van der Waals surface area contributed by atoms with Gasteiger partial charge in [0.25, 0.3) is 5.91 Å². The quantitative estimate of drug-likeness (QED) is 0.783. The van der Waals surface area contributed by atoms with Gasteiger partial charge in [-0.2, -0.15) is 0 Å². The molecule has 1 N–H and O–H groups in total. The van der Waals surface area contributed by atoms with Crippen LogP contribution < -0.4 is 0 Å². The van der Waals surface area contributed by atoms with E-state index in [-0.39, 0.29) is 30.3 Å². The van der Waals surface area contributed by atoms with E-state index >= 15 is 0 Å². The lowest BCUT2D eigenvalue weighted by Gasteiger charge is -2.50. The maximum Gasteiger partial charge on any atom is 0.253 e. The average molecular weight is 412 g/mol. The van der Waals surface area contributed by atoms with Crippen LogP contribution in [0, 0.1) is 12.8 Å². The summed E-state index contributed by atoms with van der Waals surface area (Å²) < 4.78 is 2.21. The Morgan fingerprint density at radius 3 is 2.40 bits per heavy atom. The highest BCUT2D eigenvalue weighted by molar-refractivity contribution is 5.96. The van der Waals surface area contributed by atoms with Crippen LogP contribution in [-0.4, -0.2) is 57.8 Å². The monoisotopic (exact) mass is 411 g/mol. The van der Waals surface area contributed by atoms with Crippen LogP contribution in [0.5, 0.6) is 5.75 Å². The van der Waals surface area contributed by atoms with Crippen molar-refractivity contribution in [2.24, 2.45) is 5.92 Å². The Hall–Kier alpha value is -2.60. The van der Waals surface area contributed by atoms with Crippen LogP contribution in [0.3, 0.4) is 0 Å². The number of ketones is 1. The first-order valence-electron chi connectivity index (χ1n) is 10.8. The third-order valence-corrected chi connectivity index (χ3v) is 6.95. The minimum Gasteiger partial charge on any atom is -0.508 e. The van der Waals surface area contributed by atoms with Gasteiger partial charge in [-0.25, -0.2) is 0 Å². The molecule has 0 saturated carbocycles. The van der Waals surface area contributed by atoms with Gasteiger partial charge in [-0.3, -0.25) is 14.5 Å². The number of likely N-dealkylation sites (N-methyl/N-ethyl adjacent to an activating group) is 1. The first-order chi connectivity index (χ1) is 14.2. The number of aromatic nitrogens is 1. The van der Waals surface area contributed by atoms with Crippen molar-refractivity contribution >= 4 is 11.7 Å². The van der Waals surface area contributed by atoms with E-state index < -0.39 is 0 Å². The standard InChI is InChI=1S/C24H31N3O3.H2/c1-16(2)22(29)19-6-8-21-24(25(4)13-14-27(19)21)9-11-26(12-10-24)23(30)18-5-7-20(28)17(3)15-18;/h5-8,15-16,28H,9-14H2,1-4H3;1H. The molecule has 6 nitrogen and oxygen atoms in total. The maximum atomic E-state index is 13.0. The van der Waals surface area contributed by atoms with Crippen LogP contribution in [-0.2, 0) is 12.1 Å². The Morgan fingerprint density at radius 1 is 1.07 bits per heavy atom. The zero-order valence-electron chi connectivity index (χ0n) is 18.3. The minimum absolute atomic E-state index is 0. The number of Topliss-reactive ketones (excluding diaryl/α,β-unsaturated/α-hetero) is 1. The number of phenolic OH excluding ortho intramolecular Hbond substituents is 1. The maximum absolute atomic E-state index is 13.0. The van der Waals surface area contributed by atoms with Crippen LogP contribution in [0.4, 0.5) is 0 Å². The first-order valence-corrected chi connectivity index (χ1v) is 10.8. The summed E-state index contributed by atoms with van der Waals surface area (Å²) in [5.41, 5.74) is 3.20. The number of benzene rings is 1. The second kappa shape index (κ2) is 7.58. The fraction of sp³-hybridized carbons (Fsp3) is 0.500. The van der Waals surface area contributed by atoms with E-state index in [1.54, 1.807) is 25.1 Å². The number of rotatable bonds is 3. The number of nitrogens with zero attached hydrogens (tertiary/aromatic N) is 3. The Kier molecular flexibility index (Phi) is 5.22. The van der Waals surface area contributed by atoms with Gasteiger partial charge in [0.15, 0.2) is 5.78 Å². The summed E-state index contributed by atoms with van der Waals surface area (Å²) in [6, 6.07) is 9.13. The fourth-order valence-electron chi connectivity index (χ4n) is 4.97. The summed E-state index contributed by atoms with van der Waals surface area (Å²) >= 11 is 0. The number of carbonyl (C=O) groups excluding carboxylic acids is 2. The first kappa shape index (κ1) is 20.7. The zero-order chi connectivity index (χ0) is 21.6. The van der Waals surface area contributed by atoms with E-state index in [4.69, 9.17) is 0 Å². The molecule has 1 spiro atoms. The van der Waals surface area contributed by atoms with Crippen molar-refractivity contribution in [1.82, 2.24) is 14.4 Å². The Morgan fingerprint density at radius 2 is 1.77 bits per heavy atom. The van der Waals surface area contributed by atoms with Gasteiger partial charge in [-0.1, -0.05) is 13.8 Å². The van der Waals surface area contributed by atoms with Crippen LogP contribution in [0.2, 0.25) is 0 Å². The molecule has 4 rings (SSSR count). The molecule has 2 aliphatic rings. The van der Waals surface area contributed by atoms with Gasteiger partial charge in [0.1, 0.15) is 5.75 Å². The second-order valence-corrected chi connectivity index (χ2v) is 9.02. The summed E-state index contributed by atoms with van der Waals surface area (Å²) in [6.07, 6.45) is 1.68. The van der Waals surface area contributed by atoms with E-state index in [2.05, 4.69) is 22.6 Å². The number of aromatic hydroxyl groups is 1. The number of hydrogen-bond donors (Lipinski definition) is 1. The molecule has 1 fully saturated rings. The molecule has 1 aromatic heterocycles. The van der Waals surface area contributed by atoms with E-state index in [9.17, 15) is 14.7 Å². The number of carbonyl (C=O) groups is 2. The molecule has 30 heavy (non-hydrogen) atoms. The van der Waals surface area contributed by atoms with Gasteiger partial charge in [0, 0.05) is 44.8 Å². The summed E-state index contributed by atoms with van der Waals surface area (Å²) in [5.74, 6) is 0.391. The lowest BCUT2D eigenvalue weighted by atomic mass is 9.81. The Labute approximate surface area is 179 Å². The van der Waals surface area contributed by atoms with E-state index in [1.807, 2.05) is 24.8 Å². The number of hydrogen-bond acceptors (Lipinski definition) is 4. The van der Waals surface area contributed by atoms with Gasteiger partial charge in [0.05, 0.1) is 11.2 Å². The van der Waals surface area contributed by atoms with E-state index in [0.29, 0.717) is 24.2 Å². The van der Waals surface area contributed by atoms with E-state index in [0.717, 1.165) is 31.6 Å². The molecule has 162 valence electrons. The van der Waals surface area contributed by atoms with Crippen molar-refractivity contribution in [3.05, 3.63) is 52.8 Å². The summed E-state index contributed by atoms with van der Waals surface area (Å²) in [6.45, 7) is 8.75. The smallest absolute Gasteiger partial charge is 0.253 e. The molecule has 0 atom stereocenters. The van der Waals surface area contributed by atoms with E-state index in [1.165, 1.54) is 5.69 Å². The largest absolute Gasteiger partial charge is 0.508 e. The SMILES string of the molecule is Cc1cc(C(=O)N2CCC3(CC2)c2ccc(C(=O)C(C)C)n2CCN3C)ccc1O.[HH]. The molecule has 2 aromatic rings. The number of fused-ring (bicyclic) bond motifs is 2. The molecule has 1 saturated heterocycles. The molecule has 0 unspecified atom stereocenters. The number of phenols is 1. The molecule has 0 bridgehead atoms.